The summed E-state index contributed by atoms with van der Waals surface area (Å²) < 4.78 is 33.7. The average molecular weight is 454 g/mol. The summed E-state index contributed by atoms with van der Waals surface area (Å²) in [6, 6.07) is 3.01. The van der Waals surface area contributed by atoms with Crippen molar-refractivity contribution in [3.8, 4) is 5.75 Å². The number of fused-ring (bicyclic) bond motifs is 1. The number of anilines is 1. The van der Waals surface area contributed by atoms with Crippen LogP contribution < -0.4 is 5.32 Å². The molecular weight excluding hydrogens is 422 g/mol. The van der Waals surface area contributed by atoms with Gasteiger partial charge in [0.15, 0.2) is 0 Å². The predicted molar refractivity (Wildman–Crippen MR) is 117 cm³/mol. The molecule has 1 atom stereocenters. The number of nitrogens with one attached hydrogen (secondary N) is 1. The zero-order valence-corrected chi connectivity index (χ0v) is 19.6. The fourth-order valence-electron chi connectivity index (χ4n) is 3.38. The summed E-state index contributed by atoms with van der Waals surface area (Å²) in [5.74, 6) is -0.926. The predicted octanol–water partition coefficient (Wildman–Crippen LogP) is 2.76. The number of phenolic OH excluding ortho intramolecular Hbond substituents is 1. The highest BCUT2D eigenvalue weighted by atomic mass is 32.2. The Hall–Kier alpha value is -2.62. The molecule has 10 heteroatoms. The van der Waals surface area contributed by atoms with Crippen LogP contribution in [-0.4, -0.2) is 55.8 Å². The molecule has 1 amide bonds. The standard InChI is InChI=1S/C21H31N3O6S/c1-13(2)9-10-24(19(20(27)30-6)21(3,4)5)18(26)12-17-22-15-8-7-14(25)11-16(15)31(28,29)23-17/h7-8,11,13,19,25H,9-10,12H2,1-6H3,(H,22,23)/t19-/m1/s1. The van der Waals surface area contributed by atoms with E-state index in [1.165, 1.54) is 24.1 Å². The van der Waals surface area contributed by atoms with Gasteiger partial charge in [-0.15, -0.1) is 4.40 Å². The number of amides is 1. The van der Waals surface area contributed by atoms with Gasteiger partial charge in [-0.2, -0.15) is 8.42 Å². The largest absolute Gasteiger partial charge is 0.508 e. The second-order valence-corrected chi connectivity index (χ2v) is 10.6. The molecule has 1 aliphatic rings. The number of carbonyl (C=O) groups excluding carboxylic acids is 2. The first-order valence-corrected chi connectivity index (χ1v) is 11.5. The van der Waals surface area contributed by atoms with Crippen LogP contribution in [-0.2, 0) is 24.3 Å². The van der Waals surface area contributed by atoms with Crippen LogP contribution in [0.25, 0.3) is 0 Å². The summed E-state index contributed by atoms with van der Waals surface area (Å²) >= 11 is 0. The van der Waals surface area contributed by atoms with Crippen LogP contribution in [0.5, 0.6) is 5.75 Å². The van der Waals surface area contributed by atoms with Crippen molar-refractivity contribution in [2.24, 2.45) is 15.7 Å². The highest BCUT2D eigenvalue weighted by molar-refractivity contribution is 7.90. The summed E-state index contributed by atoms with van der Waals surface area (Å²) in [6.45, 7) is 9.87. The van der Waals surface area contributed by atoms with Crippen LogP contribution in [0.1, 0.15) is 47.5 Å². The highest BCUT2D eigenvalue weighted by Gasteiger charge is 2.40. The van der Waals surface area contributed by atoms with Crippen molar-refractivity contribution in [3.05, 3.63) is 18.2 Å². The molecule has 1 aromatic rings. The number of carbonyl (C=O) groups is 2. The van der Waals surface area contributed by atoms with Crippen molar-refractivity contribution in [3.63, 3.8) is 0 Å². The van der Waals surface area contributed by atoms with E-state index in [1.807, 2.05) is 34.6 Å². The first kappa shape index (κ1) is 24.6. The van der Waals surface area contributed by atoms with Gasteiger partial charge in [0.05, 0.1) is 19.2 Å². The van der Waals surface area contributed by atoms with E-state index in [-0.39, 0.29) is 28.6 Å². The van der Waals surface area contributed by atoms with Crippen molar-refractivity contribution in [1.29, 1.82) is 0 Å². The lowest BCUT2D eigenvalue weighted by Crippen LogP contribution is -2.53. The molecule has 1 aromatic carbocycles. The number of aromatic hydroxyl groups is 1. The molecular formula is C21H31N3O6S. The molecule has 0 aliphatic carbocycles. The van der Waals surface area contributed by atoms with E-state index in [0.29, 0.717) is 18.9 Å². The Morgan fingerprint density at radius 2 is 1.90 bits per heavy atom. The Labute approximate surface area is 183 Å². The van der Waals surface area contributed by atoms with Gasteiger partial charge in [0.2, 0.25) is 5.91 Å². The van der Waals surface area contributed by atoms with Gasteiger partial charge in [0, 0.05) is 12.6 Å². The summed E-state index contributed by atoms with van der Waals surface area (Å²) in [5.41, 5.74) is -0.373. The number of hydrogen-bond donors (Lipinski definition) is 2. The van der Waals surface area contributed by atoms with Gasteiger partial charge in [0.1, 0.15) is 22.5 Å². The van der Waals surface area contributed by atoms with Crippen LogP contribution in [0.15, 0.2) is 27.5 Å². The van der Waals surface area contributed by atoms with Gasteiger partial charge in [-0.1, -0.05) is 34.6 Å². The van der Waals surface area contributed by atoms with Crippen LogP contribution in [0.3, 0.4) is 0 Å². The third-order valence-corrected chi connectivity index (χ3v) is 6.25. The number of methoxy groups -OCH3 is 1. The van der Waals surface area contributed by atoms with E-state index in [0.717, 1.165) is 6.07 Å². The lowest BCUT2D eigenvalue weighted by Gasteiger charge is -2.38. The Kier molecular flexibility index (Phi) is 7.36. The lowest BCUT2D eigenvalue weighted by atomic mass is 9.85. The van der Waals surface area contributed by atoms with Crippen LogP contribution in [0.4, 0.5) is 5.69 Å². The number of ether oxygens (including phenoxy) is 1. The molecule has 0 bridgehead atoms. The minimum Gasteiger partial charge on any atom is -0.508 e. The van der Waals surface area contributed by atoms with Crippen molar-refractivity contribution in [2.75, 3.05) is 19.0 Å². The van der Waals surface area contributed by atoms with Gasteiger partial charge in [0.25, 0.3) is 10.0 Å². The van der Waals surface area contributed by atoms with Crippen molar-refractivity contribution in [2.45, 2.75) is 58.4 Å². The maximum atomic E-state index is 13.3. The van der Waals surface area contributed by atoms with Crippen molar-refractivity contribution >= 4 is 33.4 Å². The van der Waals surface area contributed by atoms with Gasteiger partial charge in [-0.3, -0.25) is 4.79 Å². The second kappa shape index (κ2) is 9.25. The molecule has 2 N–H and O–H groups in total. The quantitative estimate of drug-likeness (QED) is 0.480. The number of benzene rings is 1. The number of amidine groups is 1. The number of rotatable bonds is 7. The molecule has 1 heterocycles. The van der Waals surface area contributed by atoms with Gasteiger partial charge >= 0.3 is 5.97 Å². The fourth-order valence-corrected chi connectivity index (χ4v) is 4.54. The van der Waals surface area contributed by atoms with Crippen LogP contribution in [0, 0.1) is 11.3 Å². The van der Waals surface area contributed by atoms with E-state index in [4.69, 9.17) is 4.74 Å². The highest BCUT2D eigenvalue weighted by Crippen LogP contribution is 2.32. The van der Waals surface area contributed by atoms with E-state index >= 15 is 0 Å². The topological polar surface area (TPSA) is 125 Å². The van der Waals surface area contributed by atoms with Gasteiger partial charge in [-0.25, -0.2) is 4.79 Å². The Balaban J connectivity index is 2.36. The van der Waals surface area contributed by atoms with Crippen LogP contribution in [0.2, 0.25) is 0 Å². The third kappa shape index (κ3) is 5.96. The zero-order valence-electron chi connectivity index (χ0n) is 18.8. The molecule has 0 unspecified atom stereocenters. The monoisotopic (exact) mass is 453 g/mol. The van der Waals surface area contributed by atoms with Crippen LogP contribution >= 0.6 is 0 Å². The first-order chi connectivity index (χ1) is 14.3. The summed E-state index contributed by atoms with van der Waals surface area (Å²) in [4.78, 5) is 27.1. The number of sulfonamides is 1. The molecule has 0 saturated heterocycles. The van der Waals surface area contributed by atoms with E-state index in [9.17, 15) is 23.1 Å². The second-order valence-electron chi connectivity index (χ2n) is 9.06. The fraction of sp³-hybridized carbons (Fsp3) is 0.571. The Bertz CT molecular complexity index is 979. The van der Waals surface area contributed by atoms with Crippen molar-refractivity contribution < 1.29 is 27.9 Å². The maximum absolute atomic E-state index is 13.3. The summed E-state index contributed by atoms with van der Waals surface area (Å²) in [5, 5.41) is 12.4. The van der Waals surface area contributed by atoms with E-state index < -0.39 is 33.4 Å². The normalized spacial score (nSPS) is 16.0. The molecule has 0 fully saturated rings. The smallest absolute Gasteiger partial charge is 0.329 e. The Morgan fingerprint density at radius 1 is 1.26 bits per heavy atom. The van der Waals surface area contributed by atoms with E-state index in [1.54, 1.807) is 0 Å². The van der Waals surface area contributed by atoms with Gasteiger partial charge in [-0.05, 0) is 29.9 Å². The molecule has 172 valence electrons. The molecule has 9 nitrogen and oxygen atoms in total. The molecule has 1 aliphatic heterocycles. The number of nitrogens with zero attached hydrogens (tertiary/aromatic N) is 2. The Morgan fingerprint density at radius 3 is 2.45 bits per heavy atom. The molecule has 31 heavy (non-hydrogen) atoms. The lowest BCUT2D eigenvalue weighted by molar-refractivity contribution is -0.157. The molecule has 0 saturated carbocycles. The van der Waals surface area contributed by atoms with Gasteiger partial charge < -0.3 is 20.1 Å². The number of phenols is 1. The molecule has 0 radical (unpaired) electrons. The molecule has 0 aromatic heterocycles. The number of hydrogen-bond acceptors (Lipinski definition) is 7. The summed E-state index contributed by atoms with van der Waals surface area (Å²) in [6.07, 6.45) is 0.330. The third-order valence-electron chi connectivity index (χ3n) is 4.90. The van der Waals surface area contributed by atoms with E-state index in [2.05, 4.69) is 9.71 Å². The summed E-state index contributed by atoms with van der Waals surface area (Å²) in [7, 11) is -2.80. The average Bonchev–Trinajstić information content (AvgIpc) is 2.63. The molecule has 2 rings (SSSR count). The van der Waals surface area contributed by atoms with Crippen molar-refractivity contribution in [1.82, 2.24) is 4.90 Å². The maximum Gasteiger partial charge on any atom is 0.329 e. The minimum absolute atomic E-state index is 0.0461. The SMILES string of the molecule is COC(=O)[C@@H](N(CCC(C)C)C(=O)CC1=NS(=O)(=O)c2cc(O)ccc2N1)C(C)(C)C. The zero-order chi connectivity index (χ0) is 23.6. The molecule has 0 spiro atoms. The minimum atomic E-state index is -4.08. The number of esters is 1. The first-order valence-electron chi connectivity index (χ1n) is 10.1.